The molecule has 2 rings (SSSR count). The van der Waals surface area contributed by atoms with E-state index in [4.69, 9.17) is 0 Å². The van der Waals surface area contributed by atoms with Crippen molar-refractivity contribution < 1.29 is 0 Å². The number of halogens is 1. The van der Waals surface area contributed by atoms with E-state index in [2.05, 4.69) is 56.1 Å². The Morgan fingerprint density at radius 3 is 3.06 bits per heavy atom. The molecule has 2 aromatic rings. The van der Waals surface area contributed by atoms with Gasteiger partial charge in [0.15, 0.2) is 0 Å². The van der Waals surface area contributed by atoms with Gasteiger partial charge >= 0.3 is 0 Å². The van der Waals surface area contributed by atoms with Crippen molar-refractivity contribution in [2.75, 3.05) is 11.9 Å². The SMILES string of the molecule is Cc1[nH]ncc1CCCNc1ncccc1I. The molecule has 0 aliphatic rings. The number of aryl methyl sites for hydroxylation is 2. The summed E-state index contributed by atoms with van der Waals surface area (Å²) in [6.45, 7) is 2.98. The fourth-order valence-electron chi connectivity index (χ4n) is 1.63. The van der Waals surface area contributed by atoms with E-state index in [1.165, 1.54) is 5.56 Å². The van der Waals surface area contributed by atoms with Crippen LogP contribution >= 0.6 is 22.6 Å². The quantitative estimate of drug-likeness (QED) is 0.649. The Labute approximate surface area is 114 Å². The highest BCUT2D eigenvalue weighted by Crippen LogP contribution is 2.13. The Hall–Kier alpha value is -1.11. The molecule has 0 fully saturated rings. The molecule has 0 bridgehead atoms. The van der Waals surface area contributed by atoms with E-state index in [1.54, 1.807) is 0 Å². The number of nitrogens with one attached hydrogen (secondary N) is 2. The Balaban J connectivity index is 1.77. The number of aromatic nitrogens is 3. The molecular weight excluding hydrogens is 327 g/mol. The van der Waals surface area contributed by atoms with Gasteiger partial charge in [-0.15, -0.1) is 0 Å². The first-order chi connectivity index (χ1) is 8.27. The van der Waals surface area contributed by atoms with Gasteiger partial charge in [-0.2, -0.15) is 5.10 Å². The summed E-state index contributed by atoms with van der Waals surface area (Å²) in [7, 11) is 0. The van der Waals surface area contributed by atoms with Crippen LogP contribution in [0.5, 0.6) is 0 Å². The predicted octanol–water partition coefficient (Wildman–Crippen LogP) is 2.76. The van der Waals surface area contributed by atoms with Crippen molar-refractivity contribution in [2.24, 2.45) is 0 Å². The van der Waals surface area contributed by atoms with E-state index in [9.17, 15) is 0 Å². The molecule has 0 aromatic carbocycles. The van der Waals surface area contributed by atoms with Crippen molar-refractivity contribution in [2.45, 2.75) is 19.8 Å². The second kappa shape index (κ2) is 6.00. The normalized spacial score (nSPS) is 10.5. The molecule has 0 atom stereocenters. The maximum absolute atomic E-state index is 4.29. The van der Waals surface area contributed by atoms with Crippen LogP contribution in [0.2, 0.25) is 0 Å². The summed E-state index contributed by atoms with van der Waals surface area (Å²) in [6, 6.07) is 4.00. The molecule has 0 saturated carbocycles. The molecule has 0 saturated heterocycles. The Bertz CT molecular complexity index is 481. The second-order valence-corrected chi connectivity index (χ2v) is 5.05. The molecule has 2 heterocycles. The van der Waals surface area contributed by atoms with E-state index in [0.717, 1.165) is 34.5 Å². The van der Waals surface area contributed by atoms with Gasteiger partial charge in [-0.1, -0.05) is 0 Å². The smallest absolute Gasteiger partial charge is 0.139 e. The first-order valence-corrected chi connectivity index (χ1v) is 6.68. The van der Waals surface area contributed by atoms with E-state index in [0.29, 0.717) is 0 Å². The topological polar surface area (TPSA) is 53.6 Å². The highest BCUT2D eigenvalue weighted by Gasteiger charge is 2.01. The van der Waals surface area contributed by atoms with Gasteiger partial charge in [0, 0.05) is 18.4 Å². The number of hydrogen-bond donors (Lipinski definition) is 2. The van der Waals surface area contributed by atoms with Gasteiger partial charge in [-0.25, -0.2) is 4.98 Å². The van der Waals surface area contributed by atoms with E-state index in [1.807, 2.05) is 18.5 Å². The average Bonchev–Trinajstić information content (AvgIpc) is 2.73. The highest BCUT2D eigenvalue weighted by atomic mass is 127. The lowest BCUT2D eigenvalue weighted by Gasteiger charge is -2.06. The summed E-state index contributed by atoms with van der Waals surface area (Å²) < 4.78 is 1.16. The third-order valence-electron chi connectivity index (χ3n) is 2.61. The molecule has 4 nitrogen and oxygen atoms in total. The molecule has 5 heteroatoms. The van der Waals surface area contributed by atoms with Gasteiger partial charge in [-0.05, 0) is 60.1 Å². The van der Waals surface area contributed by atoms with Crippen molar-refractivity contribution in [3.05, 3.63) is 39.4 Å². The van der Waals surface area contributed by atoms with Crippen LogP contribution in [-0.2, 0) is 6.42 Å². The van der Waals surface area contributed by atoms with Crippen LogP contribution in [0, 0.1) is 10.5 Å². The van der Waals surface area contributed by atoms with E-state index >= 15 is 0 Å². The Morgan fingerprint density at radius 1 is 1.47 bits per heavy atom. The van der Waals surface area contributed by atoms with Crippen molar-refractivity contribution in [3.8, 4) is 0 Å². The van der Waals surface area contributed by atoms with Crippen LogP contribution in [0.15, 0.2) is 24.5 Å². The standard InChI is InChI=1S/C12H15IN4/c1-9-10(8-16-17-9)4-2-6-14-12-11(13)5-3-7-15-12/h3,5,7-8H,2,4,6H2,1H3,(H,14,15)(H,16,17). The first-order valence-electron chi connectivity index (χ1n) is 5.60. The third kappa shape index (κ3) is 3.42. The van der Waals surface area contributed by atoms with Crippen LogP contribution in [0.25, 0.3) is 0 Å². The van der Waals surface area contributed by atoms with Crippen LogP contribution in [-0.4, -0.2) is 21.7 Å². The average molecular weight is 342 g/mol. The van der Waals surface area contributed by atoms with Crippen LogP contribution in [0.3, 0.4) is 0 Å². The Kier molecular flexibility index (Phi) is 4.36. The summed E-state index contributed by atoms with van der Waals surface area (Å²) in [5, 5.41) is 10.3. The van der Waals surface area contributed by atoms with Crippen LogP contribution < -0.4 is 5.32 Å². The second-order valence-electron chi connectivity index (χ2n) is 3.88. The van der Waals surface area contributed by atoms with Crippen LogP contribution in [0.4, 0.5) is 5.82 Å². The molecule has 0 amide bonds. The fraction of sp³-hybridized carbons (Fsp3) is 0.333. The number of anilines is 1. The van der Waals surface area contributed by atoms with Gasteiger partial charge in [0.1, 0.15) is 5.82 Å². The van der Waals surface area contributed by atoms with Crippen LogP contribution in [0.1, 0.15) is 17.7 Å². The lowest BCUT2D eigenvalue weighted by atomic mass is 10.1. The predicted molar refractivity (Wildman–Crippen MR) is 77.1 cm³/mol. The fourth-order valence-corrected chi connectivity index (χ4v) is 2.17. The first kappa shape index (κ1) is 12.3. The number of H-pyrrole nitrogens is 1. The molecule has 2 N–H and O–H groups in total. The summed E-state index contributed by atoms with van der Waals surface area (Å²) in [5.41, 5.74) is 2.46. The number of nitrogens with zero attached hydrogens (tertiary/aromatic N) is 2. The third-order valence-corrected chi connectivity index (χ3v) is 3.48. The number of aromatic amines is 1. The highest BCUT2D eigenvalue weighted by molar-refractivity contribution is 14.1. The lowest BCUT2D eigenvalue weighted by molar-refractivity contribution is 0.853. The van der Waals surface area contributed by atoms with Gasteiger partial charge in [0.2, 0.25) is 0 Å². The number of hydrogen-bond acceptors (Lipinski definition) is 3. The summed E-state index contributed by atoms with van der Waals surface area (Å²) in [5.74, 6) is 0.969. The van der Waals surface area contributed by atoms with Crippen molar-refractivity contribution in [3.63, 3.8) is 0 Å². The van der Waals surface area contributed by atoms with Gasteiger partial charge < -0.3 is 5.32 Å². The largest absolute Gasteiger partial charge is 0.369 e. The Morgan fingerprint density at radius 2 is 2.35 bits per heavy atom. The molecule has 0 spiro atoms. The molecule has 2 aromatic heterocycles. The van der Waals surface area contributed by atoms with E-state index in [-0.39, 0.29) is 0 Å². The van der Waals surface area contributed by atoms with Crippen molar-refractivity contribution >= 4 is 28.4 Å². The number of pyridine rings is 1. The van der Waals surface area contributed by atoms with E-state index < -0.39 is 0 Å². The van der Waals surface area contributed by atoms with Crippen molar-refractivity contribution in [1.29, 1.82) is 0 Å². The monoisotopic (exact) mass is 342 g/mol. The summed E-state index contributed by atoms with van der Waals surface area (Å²) in [6.07, 6.45) is 5.83. The zero-order valence-corrected chi connectivity index (χ0v) is 11.9. The van der Waals surface area contributed by atoms with Crippen molar-refractivity contribution in [1.82, 2.24) is 15.2 Å². The van der Waals surface area contributed by atoms with Gasteiger partial charge in [-0.3, -0.25) is 5.10 Å². The van der Waals surface area contributed by atoms with Gasteiger partial charge in [0.05, 0.1) is 9.77 Å². The summed E-state index contributed by atoms with van der Waals surface area (Å²) in [4.78, 5) is 4.29. The molecule has 0 unspecified atom stereocenters. The minimum absolute atomic E-state index is 0.928. The zero-order valence-electron chi connectivity index (χ0n) is 9.70. The molecule has 0 aliphatic heterocycles. The molecule has 90 valence electrons. The zero-order chi connectivity index (χ0) is 12.1. The summed E-state index contributed by atoms with van der Waals surface area (Å²) >= 11 is 2.29. The molecular formula is C12H15IN4. The maximum Gasteiger partial charge on any atom is 0.139 e. The molecule has 0 radical (unpaired) electrons. The molecule has 0 aliphatic carbocycles. The minimum atomic E-state index is 0.928. The lowest BCUT2D eigenvalue weighted by Crippen LogP contribution is -2.05. The maximum atomic E-state index is 4.29. The number of rotatable bonds is 5. The molecule has 17 heavy (non-hydrogen) atoms. The minimum Gasteiger partial charge on any atom is -0.369 e. The van der Waals surface area contributed by atoms with Gasteiger partial charge in [0.25, 0.3) is 0 Å².